The van der Waals surface area contributed by atoms with Gasteiger partial charge < -0.3 is 24.6 Å². The predicted molar refractivity (Wildman–Crippen MR) is 123 cm³/mol. The van der Waals surface area contributed by atoms with E-state index >= 15 is 0 Å². The number of hydrogen-bond acceptors (Lipinski definition) is 5. The molecule has 0 spiro atoms. The molecule has 164 valence electrons. The molecule has 7 heteroatoms. The number of likely N-dealkylation sites (tertiary alicyclic amines) is 1. The van der Waals surface area contributed by atoms with Gasteiger partial charge in [-0.05, 0) is 37.0 Å². The summed E-state index contributed by atoms with van der Waals surface area (Å²) in [5.74, 6) is 1.91. The van der Waals surface area contributed by atoms with Gasteiger partial charge in [-0.2, -0.15) is 0 Å². The average molecular weight is 414 g/mol. The summed E-state index contributed by atoms with van der Waals surface area (Å²) in [5.41, 5.74) is 2.24. The summed E-state index contributed by atoms with van der Waals surface area (Å²) >= 11 is 0. The zero-order valence-corrected chi connectivity index (χ0v) is 18.7. The van der Waals surface area contributed by atoms with Crippen molar-refractivity contribution in [1.82, 2.24) is 15.2 Å². The van der Waals surface area contributed by atoms with Crippen molar-refractivity contribution in [2.75, 3.05) is 59.5 Å². The lowest BCUT2D eigenvalue weighted by molar-refractivity contribution is 0.00990. The van der Waals surface area contributed by atoms with Crippen LogP contribution in [0, 0.1) is 0 Å². The van der Waals surface area contributed by atoms with Gasteiger partial charge in [-0.1, -0.05) is 18.2 Å². The number of rotatable bonds is 8. The third-order valence-corrected chi connectivity index (χ3v) is 5.48. The number of fused-ring (bicyclic) bond motifs is 1. The number of anilines is 1. The van der Waals surface area contributed by atoms with Crippen molar-refractivity contribution in [1.29, 1.82) is 0 Å². The van der Waals surface area contributed by atoms with E-state index in [9.17, 15) is 0 Å². The fourth-order valence-corrected chi connectivity index (χ4v) is 3.80. The van der Waals surface area contributed by atoms with Crippen molar-refractivity contribution in [3.05, 3.63) is 35.9 Å². The standard InChI is InChI=1S/C23H35N5O2/c1-24-23(28-12-10-19(11-13-28)30-15-7-14-29-4)25-17-18-16-22(27(2)3)26-21-9-6-5-8-20(18)21/h5-6,8-9,16,19H,7,10-15,17H2,1-4H3,(H,24,25). The minimum absolute atomic E-state index is 0.336. The van der Waals surface area contributed by atoms with E-state index in [1.807, 2.05) is 32.1 Å². The third kappa shape index (κ3) is 5.83. The van der Waals surface area contributed by atoms with Crippen LogP contribution >= 0.6 is 0 Å². The highest BCUT2D eigenvalue weighted by molar-refractivity contribution is 5.85. The Morgan fingerprint density at radius 2 is 2.00 bits per heavy atom. The van der Waals surface area contributed by atoms with Gasteiger partial charge in [0.15, 0.2) is 5.96 Å². The van der Waals surface area contributed by atoms with Gasteiger partial charge >= 0.3 is 0 Å². The number of benzene rings is 1. The number of aliphatic imine (C=N–C) groups is 1. The summed E-state index contributed by atoms with van der Waals surface area (Å²) in [5, 5.41) is 4.74. The molecule has 30 heavy (non-hydrogen) atoms. The lowest BCUT2D eigenvalue weighted by Gasteiger charge is -2.34. The molecule has 1 aliphatic rings. The molecule has 1 N–H and O–H groups in total. The Bertz CT molecular complexity index is 831. The molecule has 0 unspecified atom stereocenters. The summed E-state index contributed by atoms with van der Waals surface area (Å²) in [7, 11) is 7.63. The summed E-state index contributed by atoms with van der Waals surface area (Å²) in [6, 6.07) is 10.5. The van der Waals surface area contributed by atoms with Gasteiger partial charge in [0.1, 0.15) is 5.82 Å². The third-order valence-electron chi connectivity index (χ3n) is 5.48. The van der Waals surface area contributed by atoms with Crippen molar-refractivity contribution in [3.8, 4) is 0 Å². The average Bonchev–Trinajstić information content (AvgIpc) is 2.77. The van der Waals surface area contributed by atoms with E-state index in [1.54, 1.807) is 7.11 Å². The summed E-state index contributed by atoms with van der Waals surface area (Å²) < 4.78 is 11.1. The van der Waals surface area contributed by atoms with Crippen LogP contribution in [-0.4, -0.2) is 76.5 Å². The number of piperidine rings is 1. The molecule has 0 atom stereocenters. The minimum Gasteiger partial charge on any atom is -0.385 e. The topological polar surface area (TPSA) is 62.2 Å². The fourth-order valence-electron chi connectivity index (χ4n) is 3.80. The maximum absolute atomic E-state index is 5.98. The molecule has 1 saturated heterocycles. The first kappa shape index (κ1) is 22.3. The second-order valence-corrected chi connectivity index (χ2v) is 7.86. The van der Waals surface area contributed by atoms with Crippen LogP contribution in [-0.2, 0) is 16.0 Å². The molecular weight excluding hydrogens is 378 g/mol. The van der Waals surface area contributed by atoms with E-state index in [-0.39, 0.29) is 0 Å². The van der Waals surface area contributed by atoms with Crippen LogP contribution in [0.3, 0.4) is 0 Å². The monoisotopic (exact) mass is 413 g/mol. The minimum atomic E-state index is 0.336. The molecule has 0 saturated carbocycles. The van der Waals surface area contributed by atoms with Crippen LogP contribution < -0.4 is 10.2 Å². The number of aromatic nitrogens is 1. The van der Waals surface area contributed by atoms with Crippen molar-refractivity contribution >= 4 is 22.7 Å². The number of nitrogens with zero attached hydrogens (tertiary/aromatic N) is 4. The van der Waals surface area contributed by atoms with Crippen LogP contribution in [0.25, 0.3) is 10.9 Å². The number of nitrogens with one attached hydrogen (secondary N) is 1. The van der Waals surface area contributed by atoms with E-state index in [0.29, 0.717) is 12.6 Å². The van der Waals surface area contributed by atoms with Gasteiger partial charge in [-0.25, -0.2) is 4.98 Å². The molecule has 0 amide bonds. The molecule has 1 aromatic heterocycles. The first-order valence-electron chi connectivity index (χ1n) is 10.7. The van der Waals surface area contributed by atoms with E-state index in [0.717, 1.165) is 62.9 Å². The number of guanidine groups is 1. The largest absolute Gasteiger partial charge is 0.385 e. The van der Waals surface area contributed by atoms with Gasteiger partial charge in [0.2, 0.25) is 0 Å². The number of methoxy groups -OCH3 is 1. The quantitative estimate of drug-likeness (QED) is 0.408. The SMILES string of the molecule is CN=C(NCc1cc(N(C)C)nc2ccccc12)N1CCC(OCCCOC)CC1. The number of pyridine rings is 1. The van der Waals surface area contributed by atoms with Gasteiger partial charge in [0.05, 0.1) is 11.6 Å². The molecule has 1 aromatic carbocycles. The highest BCUT2D eigenvalue weighted by Crippen LogP contribution is 2.22. The first-order valence-corrected chi connectivity index (χ1v) is 10.7. The van der Waals surface area contributed by atoms with Crippen LogP contribution in [0.4, 0.5) is 5.82 Å². The summed E-state index contributed by atoms with van der Waals surface area (Å²) in [4.78, 5) is 13.6. The van der Waals surface area contributed by atoms with Crippen LogP contribution in [0.15, 0.2) is 35.3 Å². The van der Waals surface area contributed by atoms with Gasteiger partial charge in [-0.15, -0.1) is 0 Å². The van der Waals surface area contributed by atoms with E-state index < -0.39 is 0 Å². The highest BCUT2D eigenvalue weighted by Gasteiger charge is 2.22. The Morgan fingerprint density at radius 1 is 1.23 bits per heavy atom. The zero-order valence-electron chi connectivity index (χ0n) is 18.7. The van der Waals surface area contributed by atoms with E-state index in [2.05, 4.69) is 39.5 Å². The number of para-hydroxylation sites is 1. The van der Waals surface area contributed by atoms with Crippen LogP contribution in [0.5, 0.6) is 0 Å². The first-order chi connectivity index (χ1) is 14.6. The molecule has 3 rings (SSSR count). The molecule has 1 aliphatic heterocycles. The molecule has 1 fully saturated rings. The lowest BCUT2D eigenvalue weighted by Crippen LogP contribution is -2.46. The van der Waals surface area contributed by atoms with Crippen molar-refractivity contribution in [3.63, 3.8) is 0 Å². The zero-order chi connectivity index (χ0) is 21.3. The molecule has 2 aromatic rings. The second-order valence-electron chi connectivity index (χ2n) is 7.86. The molecular formula is C23H35N5O2. The van der Waals surface area contributed by atoms with Gasteiger partial charge in [0, 0.05) is 66.5 Å². The maximum atomic E-state index is 5.98. The number of ether oxygens (including phenoxy) is 2. The van der Waals surface area contributed by atoms with E-state index in [1.165, 1.54) is 10.9 Å². The molecule has 2 heterocycles. The Morgan fingerprint density at radius 3 is 2.70 bits per heavy atom. The molecule has 0 bridgehead atoms. The van der Waals surface area contributed by atoms with Crippen molar-refractivity contribution < 1.29 is 9.47 Å². The smallest absolute Gasteiger partial charge is 0.193 e. The Balaban J connectivity index is 1.59. The Labute approximate surface area is 180 Å². The molecule has 7 nitrogen and oxygen atoms in total. The number of hydrogen-bond donors (Lipinski definition) is 1. The van der Waals surface area contributed by atoms with Gasteiger partial charge in [0.25, 0.3) is 0 Å². The highest BCUT2D eigenvalue weighted by atomic mass is 16.5. The molecule has 0 aliphatic carbocycles. The van der Waals surface area contributed by atoms with Crippen molar-refractivity contribution in [2.24, 2.45) is 4.99 Å². The Hall–Kier alpha value is -2.38. The normalized spacial score (nSPS) is 15.6. The van der Waals surface area contributed by atoms with E-state index in [4.69, 9.17) is 14.5 Å². The fraction of sp³-hybridized carbons (Fsp3) is 0.565. The lowest BCUT2D eigenvalue weighted by atomic mass is 10.1. The van der Waals surface area contributed by atoms with Gasteiger partial charge in [-0.3, -0.25) is 4.99 Å². The predicted octanol–water partition coefficient (Wildman–Crippen LogP) is 2.89. The summed E-state index contributed by atoms with van der Waals surface area (Å²) in [6.45, 7) is 4.15. The Kier molecular flexibility index (Phi) is 8.28. The maximum Gasteiger partial charge on any atom is 0.193 e. The second kappa shape index (κ2) is 11.1. The molecule has 0 radical (unpaired) electrons. The van der Waals surface area contributed by atoms with Crippen LogP contribution in [0.1, 0.15) is 24.8 Å². The van der Waals surface area contributed by atoms with Crippen LogP contribution in [0.2, 0.25) is 0 Å². The van der Waals surface area contributed by atoms with Crippen molar-refractivity contribution in [2.45, 2.75) is 31.9 Å². The summed E-state index contributed by atoms with van der Waals surface area (Å²) in [6.07, 6.45) is 3.34.